The number of fused-ring (bicyclic) bond motifs is 10. The maximum Gasteiger partial charge on any atom is 2.00 e. The summed E-state index contributed by atoms with van der Waals surface area (Å²) in [6.45, 7) is 8.71. The number of benzene rings is 2. The van der Waals surface area contributed by atoms with E-state index in [1.807, 2.05) is 12.1 Å². The van der Waals surface area contributed by atoms with Gasteiger partial charge in [0, 0.05) is 23.8 Å². The Morgan fingerprint density at radius 2 is 0.949 bits per heavy atom. The predicted molar refractivity (Wildman–Crippen MR) is 149 cm³/mol. The molecule has 0 aliphatic carbocycles. The zero-order chi connectivity index (χ0) is 26.1. The molecule has 6 aromatic rings. The standard InChI is InChI=1S/C32H28N6.Pt/c1-31(2)27-17-15-23(33-27)25-19-37(21-11-7-5-8-12-21)29(35-25)32(3,4)30-36-26(24-16-18-28(31)34-24)20-38(30)22-13-9-6-10-14-22;/h5-20H,1-4H3;/q-2;+2. The van der Waals surface area contributed by atoms with Gasteiger partial charge in [-0.05, 0) is 43.5 Å². The summed E-state index contributed by atoms with van der Waals surface area (Å²) in [5.74, 6) is 1.79. The van der Waals surface area contributed by atoms with Crippen LogP contribution in [0.5, 0.6) is 0 Å². The van der Waals surface area contributed by atoms with Crippen molar-refractivity contribution in [1.82, 2.24) is 29.1 Å². The molecule has 0 N–H and O–H groups in total. The fourth-order valence-corrected chi connectivity index (χ4v) is 5.40. The van der Waals surface area contributed by atoms with Gasteiger partial charge in [-0.3, -0.25) is 0 Å². The molecule has 6 nitrogen and oxygen atoms in total. The average Bonchev–Trinajstić information content (AvgIpc) is 3.73. The molecule has 5 heterocycles. The summed E-state index contributed by atoms with van der Waals surface area (Å²) in [4.78, 5) is 20.6. The smallest absolute Gasteiger partial charge is 0.659 e. The fraction of sp³-hybridized carbons (Fsp3) is 0.188. The summed E-state index contributed by atoms with van der Waals surface area (Å²) in [6.07, 6.45) is 4.19. The maximum absolute atomic E-state index is 5.24. The molecule has 0 radical (unpaired) electrons. The van der Waals surface area contributed by atoms with Crippen molar-refractivity contribution in [3.8, 4) is 34.2 Å². The molecular formula is C32H28N6Pt. The summed E-state index contributed by atoms with van der Waals surface area (Å²) in [5.41, 5.74) is 6.50. The normalized spacial score (nSPS) is 14.9. The van der Waals surface area contributed by atoms with E-state index in [1.165, 1.54) is 0 Å². The molecule has 8 bridgehead atoms. The van der Waals surface area contributed by atoms with Crippen molar-refractivity contribution in [3.05, 3.63) is 120 Å². The summed E-state index contributed by atoms with van der Waals surface area (Å²) in [5, 5.41) is 0. The Balaban J connectivity index is 0.00000277. The van der Waals surface area contributed by atoms with E-state index < -0.39 is 5.41 Å². The minimum atomic E-state index is -0.559. The molecule has 39 heavy (non-hydrogen) atoms. The van der Waals surface area contributed by atoms with Gasteiger partial charge >= 0.3 is 21.1 Å². The molecule has 0 saturated heterocycles. The minimum absolute atomic E-state index is 0. The molecule has 4 aromatic heterocycles. The van der Waals surface area contributed by atoms with E-state index in [9.17, 15) is 0 Å². The summed E-state index contributed by atoms with van der Waals surface area (Å²) >= 11 is 0. The van der Waals surface area contributed by atoms with Gasteiger partial charge in [0.15, 0.2) is 0 Å². The number of hydrogen-bond donors (Lipinski definition) is 0. The van der Waals surface area contributed by atoms with E-state index in [0.29, 0.717) is 0 Å². The second-order valence-electron chi connectivity index (χ2n) is 11.0. The summed E-state index contributed by atoms with van der Waals surface area (Å²) in [7, 11) is 0. The largest absolute Gasteiger partial charge is 2.00 e. The van der Waals surface area contributed by atoms with Crippen LogP contribution >= 0.6 is 0 Å². The second kappa shape index (κ2) is 9.10. The quantitative estimate of drug-likeness (QED) is 0.215. The van der Waals surface area contributed by atoms with E-state index in [-0.39, 0.29) is 26.5 Å². The van der Waals surface area contributed by atoms with Crippen LogP contribution in [0.3, 0.4) is 0 Å². The first-order valence-corrected chi connectivity index (χ1v) is 12.9. The van der Waals surface area contributed by atoms with Crippen LogP contribution in [0.4, 0.5) is 0 Å². The Morgan fingerprint density at radius 3 is 1.36 bits per heavy atom. The summed E-state index contributed by atoms with van der Waals surface area (Å²) < 4.78 is 4.35. The molecule has 7 heteroatoms. The van der Waals surface area contributed by atoms with Gasteiger partial charge in [0.2, 0.25) is 0 Å². The Morgan fingerprint density at radius 1 is 0.538 bits per heavy atom. The molecule has 0 saturated carbocycles. The van der Waals surface area contributed by atoms with Crippen LogP contribution in [0.2, 0.25) is 0 Å². The van der Waals surface area contributed by atoms with E-state index in [2.05, 4.69) is 122 Å². The molecule has 2 aromatic carbocycles. The van der Waals surface area contributed by atoms with Gasteiger partial charge < -0.3 is 19.1 Å². The van der Waals surface area contributed by atoms with Crippen molar-refractivity contribution in [1.29, 1.82) is 0 Å². The molecule has 7 rings (SSSR count). The molecule has 196 valence electrons. The monoisotopic (exact) mass is 691 g/mol. The van der Waals surface area contributed by atoms with E-state index in [1.54, 1.807) is 0 Å². The van der Waals surface area contributed by atoms with Gasteiger partial charge in [0.1, 0.15) is 11.6 Å². The number of rotatable bonds is 2. The number of imidazole rings is 2. The molecule has 0 amide bonds. The van der Waals surface area contributed by atoms with Gasteiger partial charge in [-0.1, -0.05) is 74.5 Å². The van der Waals surface area contributed by atoms with E-state index >= 15 is 0 Å². The Kier molecular flexibility index (Phi) is 5.92. The fourth-order valence-electron chi connectivity index (χ4n) is 5.40. The van der Waals surface area contributed by atoms with Crippen LogP contribution in [0.1, 0.15) is 50.7 Å². The third-order valence-corrected chi connectivity index (χ3v) is 7.68. The van der Waals surface area contributed by atoms with Gasteiger partial charge in [-0.25, -0.2) is 9.97 Å². The van der Waals surface area contributed by atoms with Crippen LogP contribution in [-0.4, -0.2) is 19.1 Å². The SMILES string of the molecule is CC1(C)c2ccc([n-]2)-c2cn(-c3ccccc3)c(n2)C(C)(C)c2nc(cn2-c2ccccc2)-c2ccc1[n-]2.[Pt+2]. The number of aromatic nitrogens is 6. The molecule has 0 fully saturated rings. The van der Waals surface area contributed by atoms with Crippen molar-refractivity contribution in [2.24, 2.45) is 0 Å². The first-order chi connectivity index (χ1) is 18.3. The Labute approximate surface area is 242 Å². The molecule has 0 atom stereocenters. The molecule has 1 aliphatic heterocycles. The van der Waals surface area contributed by atoms with Crippen LogP contribution in [-0.2, 0) is 31.9 Å². The first-order valence-electron chi connectivity index (χ1n) is 12.9. The number of hydrogen-bond acceptors (Lipinski definition) is 2. The van der Waals surface area contributed by atoms with Crippen LogP contribution in [0.25, 0.3) is 34.2 Å². The van der Waals surface area contributed by atoms with Crippen molar-refractivity contribution in [2.45, 2.75) is 38.5 Å². The first kappa shape index (κ1) is 25.4. The van der Waals surface area contributed by atoms with Crippen molar-refractivity contribution in [2.75, 3.05) is 0 Å². The predicted octanol–water partition coefficient (Wildman–Crippen LogP) is 6.27. The third kappa shape index (κ3) is 3.97. The molecule has 0 unspecified atom stereocenters. The van der Waals surface area contributed by atoms with Crippen molar-refractivity contribution < 1.29 is 21.1 Å². The van der Waals surface area contributed by atoms with Gasteiger partial charge in [0.25, 0.3) is 0 Å². The van der Waals surface area contributed by atoms with Crippen LogP contribution in [0.15, 0.2) is 97.3 Å². The summed E-state index contributed by atoms with van der Waals surface area (Å²) in [6, 6.07) is 29.0. The zero-order valence-electron chi connectivity index (χ0n) is 22.2. The minimum Gasteiger partial charge on any atom is -0.659 e. The van der Waals surface area contributed by atoms with E-state index in [0.717, 1.165) is 57.2 Å². The number of para-hydroxylation sites is 2. The van der Waals surface area contributed by atoms with Crippen LogP contribution < -0.4 is 9.97 Å². The van der Waals surface area contributed by atoms with Gasteiger partial charge in [-0.2, -0.15) is 11.4 Å². The van der Waals surface area contributed by atoms with E-state index in [4.69, 9.17) is 19.9 Å². The van der Waals surface area contributed by atoms with Crippen LogP contribution in [0, 0.1) is 0 Å². The number of nitrogens with zero attached hydrogens (tertiary/aromatic N) is 6. The van der Waals surface area contributed by atoms with Crippen molar-refractivity contribution in [3.63, 3.8) is 0 Å². The average molecular weight is 692 g/mol. The Hall–Kier alpha value is -3.89. The second-order valence-corrected chi connectivity index (χ2v) is 11.0. The zero-order valence-corrected chi connectivity index (χ0v) is 24.5. The molecule has 1 aliphatic rings. The Bertz CT molecular complexity index is 1640. The maximum atomic E-state index is 5.24. The topological polar surface area (TPSA) is 63.8 Å². The molecule has 0 spiro atoms. The third-order valence-electron chi connectivity index (χ3n) is 7.68. The van der Waals surface area contributed by atoms with Crippen molar-refractivity contribution >= 4 is 0 Å². The van der Waals surface area contributed by atoms with Gasteiger partial charge in [-0.15, -0.1) is 11.4 Å². The van der Waals surface area contributed by atoms with Gasteiger partial charge in [0.05, 0.1) is 16.8 Å². The molecular weight excluding hydrogens is 663 g/mol.